The molecule has 108 valence electrons. The highest BCUT2D eigenvalue weighted by Crippen LogP contribution is 2.24. The molecule has 0 saturated carbocycles. The third-order valence-electron chi connectivity index (χ3n) is 2.81. The summed E-state index contributed by atoms with van der Waals surface area (Å²) in [5.41, 5.74) is 2.30. The molecule has 1 aromatic carbocycles. The first-order valence-corrected chi connectivity index (χ1v) is 7.18. The lowest BCUT2D eigenvalue weighted by Gasteiger charge is -2.05. The summed E-state index contributed by atoms with van der Waals surface area (Å²) in [4.78, 5) is 0. The monoisotopic (exact) mass is 348 g/mol. The van der Waals surface area contributed by atoms with E-state index in [1.165, 1.54) is 0 Å². The highest BCUT2D eigenvalue weighted by Gasteiger charge is 2.12. The first kappa shape index (κ1) is 13.9. The van der Waals surface area contributed by atoms with Crippen LogP contribution in [0.3, 0.4) is 0 Å². The molecule has 2 aromatic heterocycles. The topological polar surface area (TPSA) is 61.3 Å². The number of ether oxygens (including phenoxy) is 1. The number of rotatable bonds is 4. The van der Waals surface area contributed by atoms with Gasteiger partial charge in [0.05, 0.1) is 0 Å². The fourth-order valence-corrected chi connectivity index (χ4v) is 2.31. The molecule has 2 heterocycles. The molecule has 0 unspecified atom stereocenters. The van der Waals surface area contributed by atoms with Gasteiger partial charge in [-0.1, -0.05) is 6.07 Å². The summed E-state index contributed by atoms with van der Waals surface area (Å²) in [6.07, 6.45) is 0. The molecule has 0 atom stereocenters. The molecule has 0 amide bonds. The van der Waals surface area contributed by atoms with E-state index >= 15 is 0 Å². The zero-order valence-electron chi connectivity index (χ0n) is 11.6. The van der Waals surface area contributed by atoms with Gasteiger partial charge < -0.3 is 13.6 Å². The van der Waals surface area contributed by atoms with Crippen LogP contribution in [0, 0.1) is 13.8 Å². The lowest BCUT2D eigenvalue weighted by atomic mass is 10.1. The highest BCUT2D eigenvalue weighted by molar-refractivity contribution is 9.10. The van der Waals surface area contributed by atoms with Crippen molar-refractivity contribution < 1.29 is 13.6 Å². The average molecular weight is 349 g/mol. The molecule has 0 N–H and O–H groups in total. The van der Waals surface area contributed by atoms with E-state index in [0.717, 1.165) is 16.9 Å². The van der Waals surface area contributed by atoms with E-state index in [4.69, 9.17) is 13.6 Å². The van der Waals surface area contributed by atoms with Crippen LogP contribution in [0.2, 0.25) is 0 Å². The molecule has 0 bridgehead atoms. The van der Waals surface area contributed by atoms with E-state index in [2.05, 4.69) is 32.2 Å². The molecule has 0 spiro atoms. The van der Waals surface area contributed by atoms with Crippen molar-refractivity contribution in [1.29, 1.82) is 0 Å². The number of aromatic nitrogens is 2. The molecule has 0 fully saturated rings. The van der Waals surface area contributed by atoms with Gasteiger partial charge in [0.2, 0.25) is 0 Å². The van der Waals surface area contributed by atoms with Gasteiger partial charge in [-0.25, -0.2) is 0 Å². The Morgan fingerprint density at radius 2 is 1.81 bits per heavy atom. The van der Waals surface area contributed by atoms with Crippen molar-refractivity contribution in [2.45, 2.75) is 20.5 Å². The highest BCUT2D eigenvalue weighted by atomic mass is 79.9. The summed E-state index contributed by atoms with van der Waals surface area (Å²) >= 11 is 3.23. The van der Waals surface area contributed by atoms with E-state index in [0.29, 0.717) is 22.2 Å². The Hall–Kier alpha value is -2.08. The molecule has 6 heteroatoms. The molecule has 0 saturated heterocycles. The number of hydrogen-bond acceptors (Lipinski definition) is 5. The van der Waals surface area contributed by atoms with Gasteiger partial charge in [0.25, 0.3) is 11.8 Å². The average Bonchev–Trinajstić information content (AvgIpc) is 3.04. The standard InChI is InChI=1S/C15H13BrN2O3/c1-9-5-10(2)7-11(6-9)19-8-14-17-18-15(21-14)12-3-4-13(16)20-12/h3-7H,8H2,1-2H3. The molecular formula is C15H13BrN2O3. The van der Waals surface area contributed by atoms with Crippen molar-refractivity contribution >= 4 is 15.9 Å². The first-order valence-electron chi connectivity index (χ1n) is 6.39. The van der Waals surface area contributed by atoms with Crippen LogP contribution in [0.25, 0.3) is 11.7 Å². The van der Waals surface area contributed by atoms with Crippen LogP contribution in [0.4, 0.5) is 0 Å². The summed E-state index contributed by atoms with van der Waals surface area (Å²) in [5, 5.41) is 7.88. The van der Waals surface area contributed by atoms with Crippen LogP contribution < -0.4 is 4.74 Å². The lowest BCUT2D eigenvalue weighted by Crippen LogP contribution is -1.96. The van der Waals surface area contributed by atoms with Gasteiger partial charge in [0.1, 0.15) is 5.75 Å². The van der Waals surface area contributed by atoms with Gasteiger partial charge in [-0.2, -0.15) is 0 Å². The minimum absolute atomic E-state index is 0.220. The zero-order chi connectivity index (χ0) is 14.8. The SMILES string of the molecule is Cc1cc(C)cc(OCc2nnc(-c3ccc(Br)o3)o2)c1. The molecule has 0 aliphatic heterocycles. The Balaban J connectivity index is 1.70. The van der Waals surface area contributed by atoms with E-state index in [-0.39, 0.29) is 6.61 Å². The fourth-order valence-electron chi connectivity index (χ4n) is 2.00. The maximum absolute atomic E-state index is 5.67. The number of furan rings is 1. The van der Waals surface area contributed by atoms with Crippen molar-refractivity contribution in [3.05, 3.63) is 52.0 Å². The largest absolute Gasteiger partial charge is 0.484 e. The smallest absolute Gasteiger partial charge is 0.283 e. The molecule has 0 aliphatic carbocycles. The Kier molecular flexibility index (Phi) is 3.79. The number of benzene rings is 1. The second-order valence-electron chi connectivity index (χ2n) is 4.72. The van der Waals surface area contributed by atoms with Crippen LogP contribution in [-0.2, 0) is 6.61 Å². The maximum atomic E-state index is 5.67. The summed E-state index contributed by atoms with van der Waals surface area (Å²) in [5.74, 6) is 2.04. The third kappa shape index (κ3) is 3.33. The summed E-state index contributed by atoms with van der Waals surface area (Å²) in [6, 6.07) is 9.55. The summed E-state index contributed by atoms with van der Waals surface area (Å²) in [7, 11) is 0. The van der Waals surface area contributed by atoms with Crippen LogP contribution >= 0.6 is 15.9 Å². The number of hydrogen-bond donors (Lipinski definition) is 0. The van der Waals surface area contributed by atoms with Gasteiger partial charge >= 0.3 is 0 Å². The second-order valence-corrected chi connectivity index (χ2v) is 5.50. The van der Waals surface area contributed by atoms with Crippen LogP contribution in [0.1, 0.15) is 17.0 Å². The van der Waals surface area contributed by atoms with Crippen LogP contribution in [0.5, 0.6) is 5.75 Å². The summed E-state index contributed by atoms with van der Waals surface area (Å²) in [6.45, 7) is 4.27. The van der Waals surface area contributed by atoms with E-state index < -0.39 is 0 Å². The Morgan fingerprint density at radius 3 is 2.48 bits per heavy atom. The fraction of sp³-hybridized carbons (Fsp3) is 0.200. The maximum Gasteiger partial charge on any atom is 0.283 e. The van der Waals surface area contributed by atoms with Gasteiger partial charge in [0.15, 0.2) is 17.0 Å². The number of halogens is 1. The van der Waals surface area contributed by atoms with Crippen molar-refractivity contribution in [1.82, 2.24) is 10.2 Å². The molecule has 21 heavy (non-hydrogen) atoms. The molecule has 3 aromatic rings. The van der Waals surface area contributed by atoms with Crippen molar-refractivity contribution in [3.8, 4) is 17.4 Å². The molecule has 0 radical (unpaired) electrons. The normalized spacial score (nSPS) is 10.8. The minimum atomic E-state index is 0.220. The van der Waals surface area contributed by atoms with Crippen molar-refractivity contribution in [3.63, 3.8) is 0 Å². The first-order chi connectivity index (χ1) is 10.1. The number of aryl methyl sites for hydroxylation is 2. The third-order valence-corrected chi connectivity index (χ3v) is 3.23. The van der Waals surface area contributed by atoms with E-state index in [1.807, 2.05) is 26.0 Å². The Bertz CT molecular complexity index is 744. The molecule has 5 nitrogen and oxygen atoms in total. The predicted octanol–water partition coefficient (Wildman–Crippen LogP) is 4.29. The Labute approximate surface area is 130 Å². The predicted molar refractivity (Wildman–Crippen MR) is 79.9 cm³/mol. The summed E-state index contributed by atoms with van der Waals surface area (Å²) < 4.78 is 17.1. The molecule has 0 aliphatic rings. The zero-order valence-corrected chi connectivity index (χ0v) is 13.2. The molecule has 3 rings (SSSR count). The Morgan fingerprint density at radius 1 is 1.05 bits per heavy atom. The van der Waals surface area contributed by atoms with Gasteiger partial charge in [-0.3, -0.25) is 0 Å². The number of nitrogens with zero attached hydrogens (tertiary/aromatic N) is 2. The van der Waals surface area contributed by atoms with Crippen LogP contribution in [0.15, 0.2) is 43.8 Å². The van der Waals surface area contributed by atoms with E-state index in [9.17, 15) is 0 Å². The van der Waals surface area contributed by atoms with Gasteiger partial charge in [-0.15, -0.1) is 10.2 Å². The molecular weight excluding hydrogens is 336 g/mol. The van der Waals surface area contributed by atoms with Gasteiger partial charge in [0, 0.05) is 0 Å². The van der Waals surface area contributed by atoms with E-state index in [1.54, 1.807) is 12.1 Å². The van der Waals surface area contributed by atoms with Gasteiger partial charge in [-0.05, 0) is 65.2 Å². The van der Waals surface area contributed by atoms with Crippen molar-refractivity contribution in [2.24, 2.45) is 0 Å². The minimum Gasteiger partial charge on any atom is -0.484 e. The van der Waals surface area contributed by atoms with Crippen LogP contribution in [-0.4, -0.2) is 10.2 Å². The van der Waals surface area contributed by atoms with Crippen molar-refractivity contribution in [2.75, 3.05) is 0 Å². The quantitative estimate of drug-likeness (QED) is 0.703. The second kappa shape index (κ2) is 5.73. The lowest BCUT2D eigenvalue weighted by molar-refractivity contribution is 0.263.